The number of quaternary nitrogens is 1. The van der Waals surface area contributed by atoms with Gasteiger partial charge in [0.2, 0.25) is 5.75 Å². The molecule has 1 saturated carbocycles. The number of ether oxygens (including phenoxy) is 7. The van der Waals surface area contributed by atoms with Crippen LogP contribution in [0.4, 0.5) is 0 Å². The van der Waals surface area contributed by atoms with Crippen molar-refractivity contribution in [3.63, 3.8) is 0 Å². The van der Waals surface area contributed by atoms with Crippen LogP contribution in [0, 0.1) is 23.0 Å². The molecule has 2 aliphatic heterocycles. The summed E-state index contributed by atoms with van der Waals surface area (Å²) in [7, 11) is 8.87. The summed E-state index contributed by atoms with van der Waals surface area (Å²) in [5.74, 6) is -0.543. The molecular weight excluding hydrogens is 584 g/mol. The number of nitrogens with zero attached hydrogens (tertiary/aromatic N) is 1. The van der Waals surface area contributed by atoms with Gasteiger partial charge in [-0.25, -0.2) is 4.79 Å². The number of carbonyl (C=O) groups excluding carboxylic acids is 2. The molecule has 2 aromatic carbocycles. The van der Waals surface area contributed by atoms with Crippen LogP contribution >= 0.6 is 0 Å². The lowest BCUT2D eigenvalue weighted by Gasteiger charge is -2.60. The number of hydrogen-bond acceptors (Lipinski definition) is 10. The lowest BCUT2D eigenvalue weighted by Crippen LogP contribution is -2.63. The second kappa shape index (κ2) is 12.1. The van der Waals surface area contributed by atoms with Crippen molar-refractivity contribution in [3.8, 4) is 23.0 Å². The number of hydroxylamine groups is 3. The number of esters is 2. The van der Waals surface area contributed by atoms with Gasteiger partial charge < -0.3 is 48.0 Å². The molecule has 3 aromatic rings. The van der Waals surface area contributed by atoms with Gasteiger partial charge in [-0.05, 0) is 42.2 Å². The van der Waals surface area contributed by atoms with E-state index in [2.05, 4.69) is 4.98 Å². The smallest absolute Gasteiger partial charge is 0.338 e. The van der Waals surface area contributed by atoms with E-state index in [4.69, 9.17) is 33.2 Å². The Bertz CT molecular complexity index is 1580. The summed E-state index contributed by atoms with van der Waals surface area (Å²) >= 11 is 0. The molecule has 0 spiro atoms. The predicted molar refractivity (Wildman–Crippen MR) is 162 cm³/mol. The van der Waals surface area contributed by atoms with Crippen LogP contribution in [0.15, 0.2) is 30.3 Å². The first-order chi connectivity index (χ1) is 21.7. The summed E-state index contributed by atoms with van der Waals surface area (Å²) in [6, 6.07) is 8.56. The van der Waals surface area contributed by atoms with Crippen LogP contribution in [-0.4, -0.2) is 89.5 Å². The minimum atomic E-state index is -0.795. The number of carbonyl (C=O) groups is 2. The molecule has 1 N–H and O–H groups in total. The molecule has 2 fully saturated rings. The molecule has 6 rings (SSSR count). The second-order valence-corrected chi connectivity index (χ2v) is 12.1. The average molecular weight is 625 g/mol. The molecular formula is C33H40N2O10. The molecule has 1 aromatic heterocycles. The molecule has 1 aliphatic carbocycles. The number of methoxy groups -OCH3 is 6. The molecule has 3 heterocycles. The molecule has 12 nitrogen and oxygen atoms in total. The van der Waals surface area contributed by atoms with Gasteiger partial charge in [0.05, 0.1) is 65.8 Å². The number of piperidine rings is 1. The minimum absolute atomic E-state index is 0.186. The van der Waals surface area contributed by atoms with Gasteiger partial charge in [0.15, 0.2) is 11.5 Å². The van der Waals surface area contributed by atoms with Gasteiger partial charge in [-0.1, -0.05) is 0 Å². The molecule has 12 heteroatoms. The van der Waals surface area contributed by atoms with E-state index in [1.54, 1.807) is 7.11 Å². The highest BCUT2D eigenvalue weighted by Crippen LogP contribution is 2.53. The van der Waals surface area contributed by atoms with Gasteiger partial charge in [-0.2, -0.15) is 0 Å². The third-order valence-electron chi connectivity index (χ3n) is 10.1. The van der Waals surface area contributed by atoms with Crippen LogP contribution in [0.25, 0.3) is 10.9 Å². The number of H-pyrrole nitrogens is 1. The maximum atomic E-state index is 14.6. The van der Waals surface area contributed by atoms with E-state index in [1.807, 2.05) is 18.2 Å². The Labute approximate surface area is 261 Å². The topological polar surface area (TPSA) is 138 Å². The SMILES string of the molecule is COC(=O)C1C2CC3c4[nH]c5cc(OC)ccc5c4CC[N+]3([O-])CC2CC(OC(=O)c2cc(OC)c(OC)c(OC)c2)C1OC. The zero-order chi connectivity index (χ0) is 32.0. The number of aromatic amines is 1. The zero-order valence-electron chi connectivity index (χ0n) is 26.4. The maximum absolute atomic E-state index is 14.6. The van der Waals surface area contributed by atoms with E-state index in [-0.39, 0.29) is 30.0 Å². The van der Waals surface area contributed by atoms with E-state index in [1.165, 1.54) is 47.7 Å². The normalized spacial score (nSPS) is 28.7. The van der Waals surface area contributed by atoms with Crippen LogP contribution in [0.3, 0.4) is 0 Å². The van der Waals surface area contributed by atoms with E-state index in [9.17, 15) is 14.8 Å². The van der Waals surface area contributed by atoms with Gasteiger partial charge in [0.1, 0.15) is 24.0 Å². The van der Waals surface area contributed by atoms with E-state index in [0.717, 1.165) is 27.9 Å². The van der Waals surface area contributed by atoms with Crippen LogP contribution in [-0.2, 0) is 25.4 Å². The van der Waals surface area contributed by atoms with Crippen LogP contribution in [0.2, 0.25) is 0 Å². The Morgan fingerprint density at radius 1 is 0.933 bits per heavy atom. The predicted octanol–water partition coefficient (Wildman–Crippen LogP) is 4.18. The highest BCUT2D eigenvalue weighted by atomic mass is 16.6. The minimum Gasteiger partial charge on any atom is -0.632 e. The molecule has 45 heavy (non-hydrogen) atoms. The summed E-state index contributed by atoms with van der Waals surface area (Å²) in [5, 5.41) is 15.7. The fourth-order valence-corrected chi connectivity index (χ4v) is 8.00. The van der Waals surface area contributed by atoms with Gasteiger partial charge in [0, 0.05) is 42.8 Å². The number of benzene rings is 2. The highest BCUT2D eigenvalue weighted by molar-refractivity contribution is 5.91. The first-order valence-corrected chi connectivity index (χ1v) is 15.1. The summed E-state index contributed by atoms with van der Waals surface area (Å²) in [4.78, 5) is 30.5. The van der Waals surface area contributed by atoms with Crippen molar-refractivity contribution in [2.24, 2.45) is 17.8 Å². The monoisotopic (exact) mass is 624 g/mol. The Balaban J connectivity index is 1.32. The van der Waals surface area contributed by atoms with Crippen molar-refractivity contribution >= 4 is 22.8 Å². The summed E-state index contributed by atoms with van der Waals surface area (Å²) < 4.78 is 38.5. The van der Waals surface area contributed by atoms with Gasteiger partial charge in [-0.3, -0.25) is 4.79 Å². The fraction of sp³-hybridized carbons (Fsp3) is 0.515. The Morgan fingerprint density at radius 2 is 1.67 bits per heavy atom. The van der Waals surface area contributed by atoms with Gasteiger partial charge in [0.25, 0.3) is 0 Å². The molecule has 7 unspecified atom stereocenters. The molecule has 3 aliphatic rings. The van der Waals surface area contributed by atoms with Crippen molar-refractivity contribution in [2.45, 2.75) is 37.5 Å². The van der Waals surface area contributed by atoms with E-state index >= 15 is 0 Å². The Morgan fingerprint density at radius 3 is 2.29 bits per heavy atom. The van der Waals surface area contributed by atoms with Gasteiger partial charge in [-0.15, -0.1) is 0 Å². The summed E-state index contributed by atoms with van der Waals surface area (Å²) in [5.41, 5.74) is 3.18. The molecule has 0 radical (unpaired) electrons. The van der Waals surface area contributed by atoms with Crippen LogP contribution < -0.4 is 18.9 Å². The first-order valence-electron chi connectivity index (χ1n) is 15.1. The molecule has 7 atom stereocenters. The molecule has 1 saturated heterocycles. The number of nitrogens with one attached hydrogen (secondary N) is 1. The molecule has 0 bridgehead atoms. The average Bonchev–Trinajstić information content (AvgIpc) is 3.43. The first kappa shape index (κ1) is 31.0. The third-order valence-corrected chi connectivity index (χ3v) is 10.1. The van der Waals surface area contributed by atoms with Crippen molar-refractivity contribution in [1.82, 2.24) is 4.98 Å². The van der Waals surface area contributed by atoms with Crippen molar-refractivity contribution in [1.29, 1.82) is 0 Å². The summed E-state index contributed by atoms with van der Waals surface area (Å²) in [6.07, 6.45) is -0.0846. The lowest BCUT2D eigenvalue weighted by molar-refractivity contribution is -0.924. The van der Waals surface area contributed by atoms with Crippen LogP contribution in [0.1, 0.15) is 40.5 Å². The Kier molecular flexibility index (Phi) is 8.31. The molecule has 0 amide bonds. The standard InChI is InChI=1S/C33H40N2O10/c1-39-19-7-8-20-21-9-10-35(38)16-18-13-27(45-32(36)17-11-25(40-2)30(42-4)26(12-17)41-3)31(43-5)28(33(37)44-6)22(18)15-24(35)29(21)34-23(20)14-19/h7-8,11-12,14,18,22,24,27-28,31,34H,9-10,13,15-16H2,1-6H3. The van der Waals surface area contributed by atoms with E-state index < -0.39 is 34.7 Å². The fourth-order valence-electron chi connectivity index (χ4n) is 8.00. The van der Waals surface area contributed by atoms with E-state index in [0.29, 0.717) is 43.1 Å². The largest absolute Gasteiger partial charge is 0.632 e. The van der Waals surface area contributed by atoms with Crippen LogP contribution in [0.5, 0.6) is 23.0 Å². The Hall–Kier alpha value is -4.00. The van der Waals surface area contributed by atoms with Gasteiger partial charge >= 0.3 is 11.9 Å². The number of rotatable bonds is 8. The lowest BCUT2D eigenvalue weighted by atomic mass is 9.63. The quantitative estimate of drug-likeness (QED) is 0.221. The highest BCUT2D eigenvalue weighted by Gasteiger charge is 2.57. The van der Waals surface area contributed by atoms with Crippen molar-refractivity contribution in [2.75, 3.05) is 55.7 Å². The maximum Gasteiger partial charge on any atom is 0.338 e. The van der Waals surface area contributed by atoms with Crippen molar-refractivity contribution < 1.29 is 47.4 Å². The second-order valence-electron chi connectivity index (χ2n) is 12.1. The number of fused-ring (bicyclic) bond motifs is 6. The zero-order valence-corrected chi connectivity index (χ0v) is 26.4. The molecule has 242 valence electrons. The summed E-state index contributed by atoms with van der Waals surface area (Å²) in [6.45, 7) is 0.710. The number of aromatic nitrogens is 1. The van der Waals surface area contributed by atoms with Crippen molar-refractivity contribution in [3.05, 3.63) is 52.4 Å². The number of hydrogen-bond donors (Lipinski definition) is 1. The third kappa shape index (κ3) is 5.14.